The summed E-state index contributed by atoms with van der Waals surface area (Å²) in [5, 5.41) is 12.3. The number of amides is 1. The molecule has 3 rings (SSSR count). The van der Waals surface area contributed by atoms with E-state index in [-0.39, 0.29) is 18.2 Å². The van der Waals surface area contributed by atoms with E-state index in [1.807, 2.05) is 0 Å². The first-order chi connectivity index (χ1) is 14.1. The number of sulfonamides is 1. The van der Waals surface area contributed by atoms with Crippen LogP contribution in [0.5, 0.6) is 0 Å². The summed E-state index contributed by atoms with van der Waals surface area (Å²) in [5.41, 5.74) is 0.556. The summed E-state index contributed by atoms with van der Waals surface area (Å²) in [6.45, 7) is 4.64. The highest BCUT2D eigenvalue weighted by Crippen LogP contribution is 2.30. The van der Waals surface area contributed by atoms with Gasteiger partial charge in [-0.1, -0.05) is 66.2 Å². The molecule has 0 unspecified atom stereocenters. The predicted octanol–water partition coefficient (Wildman–Crippen LogP) is 4.53. The number of halogens is 2. The van der Waals surface area contributed by atoms with E-state index in [2.05, 4.69) is 29.4 Å². The van der Waals surface area contributed by atoms with Gasteiger partial charge in [-0.05, 0) is 30.5 Å². The Bertz CT molecular complexity index is 1010. The average molecular weight is 510 g/mol. The summed E-state index contributed by atoms with van der Waals surface area (Å²) in [7, 11) is -3.59. The number of benzene rings is 1. The molecule has 1 aromatic carbocycles. The van der Waals surface area contributed by atoms with Crippen LogP contribution in [0.3, 0.4) is 0 Å². The van der Waals surface area contributed by atoms with Crippen molar-refractivity contribution in [3.05, 3.63) is 33.8 Å². The molecule has 1 aliphatic rings. The molecule has 0 radical (unpaired) electrons. The molecule has 1 N–H and O–H groups in total. The molecule has 30 heavy (non-hydrogen) atoms. The summed E-state index contributed by atoms with van der Waals surface area (Å²) < 4.78 is 27.9. The lowest BCUT2D eigenvalue weighted by Crippen LogP contribution is -2.44. The number of thioether (sulfide) groups is 1. The van der Waals surface area contributed by atoms with Crippen molar-refractivity contribution in [2.24, 2.45) is 5.92 Å². The first-order valence-electron chi connectivity index (χ1n) is 9.37. The molecule has 12 heteroatoms. The van der Waals surface area contributed by atoms with Crippen molar-refractivity contribution in [1.82, 2.24) is 14.5 Å². The minimum Gasteiger partial charge on any atom is -0.300 e. The second-order valence-corrected chi connectivity index (χ2v) is 12.8. The highest BCUT2D eigenvalue weighted by molar-refractivity contribution is 8.01. The van der Waals surface area contributed by atoms with Crippen LogP contribution in [-0.2, 0) is 20.6 Å². The van der Waals surface area contributed by atoms with Gasteiger partial charge in [0.2, 0.25) is 21.1 Å². The highest BCUT2D eigenvalue weighted by atomic mass is 35.5. The van der Waals surface area contributed by atoms with E-state index in [0.717, 1.165) is 4.34 Å². The molecule has 1 atom stereocenters. The van der Waals surface area contributed by atoms with E-state index in [4.69, 9.17) is 23.2 Å². The minimum absolute atomic E-state index is 0.141. The highest BCUT2D eigenvalue weighted by Gasteiger charge is 2.33. The third-order valence-electron chi connectivity index (χ3n) is 4.45. The Morgan fingerprint density at radius 3 is 2.80 bits per heavy atom. The first-order valence-corrected chi connectivity index (χ1v) is 13.4. The smallest absolute Gasteiger partial charge is 0.230 e. The largest absolute Gasteiger partial charge is 0.300 e. The number of aromatic nitrogens is 2. The number of hydrogen-bond acceptors (Lipinski definition) is 7. The number of hydrogen-bond donors (Lipinski definition) is 1. The lowest BCUT2D eigenvalue weighted by Gasteiger charge is -2.31. The van der Waals surface area contributed by atoms with Crippen LogP contribution in [0, 0.1) is 5.92 Å². The Kier molecular flexibility index (Phi) is 8.03. The van der Waals surface area contributed by atoms with E-state index in [1.54, 1.807) is 30.0 Å². The van der Waals surface area contributed by atoms with Gasteiger partial charge in [-0.3, -0.25) is 4.79 Å². The van der Waals surface area contributed by atoms with Gasteiger partial charge in [-0.25, -0.2) is 12.7 Å². The summed E-state index contributed by atoms with van der Waals surface area (Å²) in [4.78, 5) is 12.7. The quantitative estimate of drug-likeness (QED) is 0.436. The van der Waals surface area contributed by atoms with Crippen molar-refractivity contribution in [2.75, 3.05) is 18.4 Å². The van der Waals surface area contributed by atoms with Crippen molar-refractivity contribution in [3.8, 4) is 0 Å². The van der Waals surface area contributed by atoms with E-state index >= 15 is 0 Å². The van der Waals surface area contributed by atoms with Gasteiger partial charge in [-0.15, -0.1) is 10.2 Å². The fraction of sp³-hybridized carbons (Fsp3) is 0.500. The lowest BCUT2D eigenvalue weighted by atomic mass is 9.99. The van der Waals surface area contributed by atoms with Gasteiger partial charge in [0.15, 0.2) is 4.34 Å². The maximum Gasteiger partial charge on any atom is 0.230 e. The van der Waals surface area contributed by atoms with E-state index < -0.39 is 15.9 Å². The molecule has 1 fully saturated rings. The first kappa shape index (κ1) is 23.7. The molecule has 164 valence electrons. The standard InChI is InChI=1S/C18H22Cl2N4O3S3/c1-11(2)28-18-23-22-17(29-18)21-16(25)13-4-3-7-24(9-13)30(26,27)10-12-5-6-14(19)15(20)8-12/h5-6,8,11,13H,3-4,7,9-10H2,1-2H3,(H,21,22,25)/t13-/m0/s1. The monoisotopic (exact) mass is 508 g/mol. The SMILES string of the molecule is CC(C)Sc1nnc(NC(=O)[C@H]2CCCN(S(=O)(=O)Cc3ccc(Cl)c(Cl)c3)C2)s1. The zero-order valence-electron chi connectivity index (χ0n) is 16.5. The van der Waals surface area contributed by atoms with Crippen molar-refractivity contribution < 1.29 is 13.2 Å². The fourth-order valence-electron chi connectivity index (χ4n) is 3.06. The van der Waals surface area contributed by atoms with Crippen molar-refractivity contribution in [1.29, 1.82) is 0 Å². The van der Waals surface area contributed by atoms with E-state index in [0.29, 0.717) is 45.4 Å². The molecule has 0 spiro atoms. The normalized spacial score (nSPS) is 18.0. The van der Waals surface area contributed by atoms with Crippen LogP contribution >= 0.6 is 46.3 Å². The van der Waals surface area contributed by atoms with Gasteiger partial charge in [0.05, 0.1) is 21.7 Å². The van der Waals surface area contributed by atoms with Crippen LogP contribution in [0.25, 0.3) is 0 Å². The van der Waals surface area contributed by atoms with Crippen molar-refractivity contribution >= 4 is 67.4 Å². The van der Waals surface area contributed by atoms with E-state index in [1.165, 1.54) is 15.6 Å². The molecule has 2 heterocycles. The second-order valence-electron chi connectivity index (χ2n) is 7.23. The molecule has 1 aromatic heterocycles. The van der Waals surface area contributed by atoms with Crippen LogP contribution in [0.2, 0.25) is 10.0 Å². The fourth-order valence-corrected chi connectivity index (χ4v) is 6.95. The lowest BCUT2D eigenvalue weighted by molar-refractivity contribution is -0.120. The second kappa shape index (κ2) is 10.1. The summed E-state index contributed by atoms with van der Waals surface area (Å²) >= 11 is 14.8. The minimum atomic E-state index is -3.59. The third kappa shape index (κ3) is 6.30. The number of anilines is 1. The maximum absolute atomic E-state index is 12.9. The topological polar surface area (TPSA) is 92.3 Å². The van der Waals surface area contributed by atoms with E-state index in [9.17, 15) is 13.2 Å². The number of carbonyl (C=O) groups excluding carboxylic acids is 1. The number of carbonyl (C=O) groups is 1. The Balaban J connectivity index is 1.62. The molecule has 1 aliphatic heterocycles. The molecule has 0 bridgehead atoms. The summed E-state index contributed by atoms with van der Waals surface area (Å²) in [5.74, 6) is -0.862. The zero-order valence-corrected chi connectivity index (χ0v) is 20.4. The summed E-state index contributed by atoms with van der Waals surface area (Å²) in [6.07, 6.45) is 1.24. The molecule has 2 aromatic rings. The van der Waals surface area contributed by atoms with Gasteiger partial charge in [0, 0.05) is 18.3 Å². The molecular weight excluding hydrogens is 487 g/mol. The van der Waals surface area contributed by atoms with Crippen LogP contribution in [0.1, 0.15) is 32.3 Å². The molecule has 1 amide bonds. The summed E-state index contributed by atoms with van der Waals surface area (Å²) in [6, 6.07) is 4.77. The maximum atomic E-state index is 12.9. The van der Waals surface area contributed by atoms with Crippen LogP contribution in [-0.4, -0.2) is 47.2 Å². The Morgan fingerprint density at radius 1 is 1.33 bits per heavy atom. The molecule has 0 saturated carbocycles. The van der Waals surface area contributed by atoms with Gasteiger partial charge in [0.25, 0.3) is 0 Å². The Morgan fingerprint density at radius 2 is 2.10 bits per heavy atom. The number of rotatable bonds is 7. The Hall–Kier alpha value is -0.910. The van der Waals surface area contributed by atoms with Crippen molar-refractivity contribution in [2.45, 2.75) is 42.0 Å². The van der Waals surface area contributed by atoms with Gasteiger partial charge < -0.3 is 5.32 Å². The Labute approximate surface area is 194 Å². The third-order valence-corrected chi connectivity index (χ3v) is 8.94. The number of piperidine rings is 1. The van der Waals surface area contributed by atoms with Crippen molar-refractivity contribution in [3.63, 3.8) is 0 Å². The predicted molar refractivity (Wildman–Crippen MR) is 123 cm³/mol. The van der Waals surface area contributed by atoms with Crippen LogP contribution in [0.15, 0.2) is 22.5 Å². The zero-order chi connectivity index (χ0) is 21.9. The van der Waals surface area contributed by atoms with Crippen LogP contribution < -0.4 is 5.32 Å². The van der Waals surface area contributed by atoms with Gasteiger partial charge in [0.1, 0.15) is 0 Å². The van der Waals surface area contributed by atoms with Crippen LogP contribution in [0.4, 0.5) is 5.13 Å². The molecular formula is C18H22Cl2N4O3S3. The average Bonchev–Trinajstić information content (AvgIpc) is 3.10. The number of nitrogens with one attached hydrogen (secondary N) is 1. The van der Waals surface area contributed by atoms with Gasteiger partial charge in [-0.2, -0.15) is 0 Å². The number of nitrogens with zero attached hydrogens (tertiary/aromatic N) is 3. The molecule has 1 saturated heterocycles. The van der Waals surface area contributed by atoms with Gasteiger partial charge >= 0.3 is 0 Å². The molecule has 0 aliphatic carbocycles. The molecule has 7 nitrogen and oxygen atoms in total.